The Kier molecular flexibility index (Phi) is 5.84. The fraction of sp³-hybridized carbons (Fsp3) is 0.615. The lowest BCUT2D eigenvalue weighted by Gasteiger charge is -2.22. The van der Waals surface area contributed by atoms with E-state index in [4.69, 9.17) is 4.74 Å². The zero-order valence-corrected chi connectivity index (χ0v) is 12.8. The van der Waals surface area contributed by atoms with Crippen molar-refractivity contribution in [2.45, 2.75) is 45.4 Å². The summed E-state index contributed by atoms with van der Waals surface area (Å²) in [6.07, 6.45) is 1.44. The summed E-state index contributed by atoms with van der Waals surface area (Å²) in [4.78, 5) is 23.4. The van der Waals surface area contributed by atoms with Crippen LogP contribution in [0.15, 0.2) is 12.4 Å². The molecule has 7 nitrogen and oxygen atoms in total. The molecule has 0 unspecified atom stereocenters. The molecule has 0 saturated heterocycles. The van der Waals surface area contributed by atoms with E-state index in [1.165, 1.54) is 6.20 Å². The van der Waals surface area contributed by atoms with Crippen LogP contribution < -0.4 is 5.32 Å². The molecule has 124 valence electrons. The predicted octanol–water partition coefficient (Wildman–Crippen LogP) is 1.89. The number of carbonyl (C=O) groups excluding carboxylic acids is 2. The van der Waals surface area contributed by atoms with Crippen LogP contribution in [0.4, 0.5) is 13.6 Å². The number of alkyl carbamates (subject to hydrolysis) is 1. The van der Waals surface area contributed by atoms with Gasteiger partial charge in [-0.2, -0.15) is 13.9 Å². The first-order valence-electron chi connectivity index (χ1n) is 6.51. The summed E-state index contributed by atoms with van der Waals surface area (Å²) in [6, 6.07) is -1.06. The SMILES string of the molecule is COC(=O)[C@@H](Cc1cnn(C(F)F)c1)NC(=O)OC(C)(C)C. The molecule has 0 bridgehead atoms. The van der Waals surface area contributed by atoms with Gasteiger partial charge in [-0.25, -0.2) is 14.3 Å². The number of amides is 1. The molecule has 1 rings (SSSR count). The molecule has 0 aromatic carbocycles. The van der Waals surface area contributed by atoms with Gasteiger partial charge in [0.2, 0.25) is 0 Å². The average molecular weight is 319 g/mol. The fourth-order valence-electron chi connectivity index (χ4n) is 1.61. The molecule has 1 N–H and O–H groups in total. The van der Waals surface area contributed by atoms with Crippen LogP contribution in [0.1, 0.15) is 32.9 Å². The zero-order chi connectivity index (χ0) is 16.9. The monoisotopic (exact) mass is 319 g/mol. The third kappa shape index (κ3) is 5.66. The molecule has 0 fully saturated rings. The standard InChI is InChI=1S/C13H19F2N3O4/c1-13(2,3)22-12(20)17-9(10(19)21-4)5-8-6-16-18(7-8)11(14)15/h6-7,9,11H,5H2,1-4H3,(H,17,20)/t9-/m1/s1. The highest BCUT2D eigenvalue weighted by atomic mass is 19.3. The van der Waals surface area contributed by atoms with Crippen LogP contribution in [0.2, 0.25) is 0 Å². The van der Waals surface area contributed by atoms with Gasteiger partial charge in [0.05, 0.1) is 13.3 Å². The second-order valence-corrected chi connectivity index (χ2v) is 5.53. The lowest BCUT2D eigenvalue weighted by molar-refractivity contribution is -0.143. The molecule has 0 saturated carbocycles. The van der Waals surface area contributed by atoms with Gasteiger partial charge in [0.25, 0.3) is 0 Å². The Morgan fingerprint density at radius 1 is 1.41 bits per heavy atom. The highest BCUT2D eigenvalue weighted by Gasteiger charge is 2.26. The first-order valence-corrected chi connectivity index (χ1v) is 6.51. The van der Waals surface area contributed by atoms with Crippen LogP contribution in [0.5, 0.6) is 0 Å². The van der Waals surface area contributed by atoms with Gasteiger partial charge in [-0.15, -0.1) is 0 Å². The number of rotatable bonds is 5. The van der Waals surface area contributed by atoms with Crippen LogP contribution in [-0.4, -0.2) is 40.6 Å². The minimum Gasteiger partial charge on any atom is -0.467 e. The number of nitrogens with one attached hydrogen (secondary N) is 1. The maximum absolute atomic E-state index is 12.5. The van der Waals surface area contributed by atoms with E-state index in [1.54, 1.807) is 20.8 Å². The van der Waals surface area contributed by atoms with Gasteiger partial charge in [-0.3, -0.25) is 0 Å². The predicted molar refractivity (Wildman–Crippen MR) is 72.4 cm³/mol. The first-order chi connectivity index (χ1) is 10.1. The Balaban J connectivity index is 2.76. The summed E-state index contributed by atoms with van der Waals surface area (Å²) in [5, 5.41) is 5.81. The summed E-state index contributed by atoms with van der Waals surface area (Å²) in [7, 11) is 1.16. The molecule has 9 heteroatoms. The third-order valence-corrected chi connectivity index (χ3v) is 2.47. The van der Waals surface area contributed by atoms with Gasteiger partial charge in [-0.05, 0) is 26.3 Å². The van der Waals surface area contributed by atoms with E-state index in [2.05, 4.69) is 15.2 Å². The van der Waals surface area contributed by atoms with Gasteiger partial charge >= 0.3 is 18.6 Å². The normalized spacial score (nSPS) is 12.9. The van der Waals surface area contributed by atoms with Crippen molar-refractivity contribution in [2.75, 3.05) is 7.11 Å². The highest BCUT2D eigenvalue weighted by Crippen LogP contribution is 2.12. The third-order valence-electron chi connectivity index (χ3n) is 2.47. The second-order valence-electron chi connectivity index (χ2n) is 5.53. The van der Waals surface area contributed by atoms with Gasteiger partial charge in [-0.1, -0.05) is 0 Å². The van der Waals surface area contributed by atoms with Crippen molar-refractivity contribution in [1.82, 2.24) is 15.1 Å². The molecule has 0 aliphatic carbocycles. The summed E-state index contributed by atoms with van der Waals surface area (Å²) < 4.78 is 35.0. The number of ether oxygens (including phenoxy) is 2. The molecule has 1 aromatic rings. The number of hydrogen-bond acceptors (Lipinski definition) is 5. The van der Waals surface area contributed by atoms with Crippen molar-refractivity contribution in [1.29, 1.82) is 0 Å². The fourth-order valence-corrected chi connectivity index (χ4v) is 1.61. The van der Waals surface area contributed by atoms with E-state index >= 15 is 0 Å². The average Bonchev–Trinajstić information content (AvgIpc) is 2.83. The summed E-state index contributed by atoms with van der Waals surface area (Å²) in [5.41, 5.74) is -0.377. The van der Waals surface area contributed by atoms with Crippen LogP contribution in [0.3, 0.4) is 0 Å². The van der Waals surface area contributed by atoms with E-state index in [0.717, 1.165) is 13.3 Å². The molecule has 0 aliphatic rings. The van der Waals surface area contributed by atoms with Gasteiger partial charge in [0.15, 0.2) is 0 Å². The number of esters is 1. The minimum absolute atomic E-state index is 0.0430. The van der Waals surface area contributed by atoms with Crippen molar-refractivity contribution in [3.8, 4) is 0 Å². The largest absolute Gasteiger partial charge is 0.467 e. The van der Waals surface area contributed by atoms with Crippen LogP contribution in [0.25, 0.3) is 0 Å². The minimum atomic E-state index is -2.77. The summed E-state index contributed by atoms with van der Waals surface area (Å²) in [6.45, 7) is 2.25. The van der Waals surface area contributed by atoms with Gasteiger partial charge < -0.3 is 14.8 Å². The van der Waals surface area contributed by atoms with Crippen LogP contribution in [-0.2, 0) is 20.7 Å². The van der Waals surface area contributed by atoms with Crippen LogP contribution in [0, 0.1) is 0 Å². The highest BCUT2D eigenvalue weighted by molar-refractivity contribution is 5.81. The first kappa shape index (κ1) is 17.9. The molecule has 0 spiro atoms. The molecule has 1 amide bonds. The quantitative estimate of drug-likeness (QED) is 0.838. The van der Waals surface area contributed by atoms with Crippen molar-refractivity contribution < 1.29 is 27.8 Å². The Bertz CT molecular complexity index is 526. The molecule has 22 heavy (non-hydrogen) atoms. The molecule has 0 radical (unpaired) electrons. The topological polar surface area (TPSA) is 82.5 Å². The Morgan fingerprint density at radius 3 is 2.50 bits per heavy atom. The molecule has 0 aliphatic heterocycles. The summed E-state index contributed by atoms with van der Waals surface area (Å²) >= 11 is 0. The van der Waals surface area contributed by atoms with E-state index < -0.39 is 30.3 Å². The number of nitrogens with zero attached hydrogens (tertiary/aromatic N) is 2. The van der Waals surface area contributed by atoms with Crippen LogP contribution >= 0.6 is 0 Å². The molecular formula is C13H19F2N3O4. The number of hydrogen-bond donors (Lipinski definition) is 1. The Morgan fingerprint density at radius 2 is 2.05 bits per heavy atom. The van der Waals surface area contributed by atoms with Gasteiger partial charge in [0, 0.05) is 12.6 Å². The van der Waals surface area contributed by atoms with E-state index in [-0.39, 0.29) is 6.42 Å². The zero-order valence-electron chi connectivity index (χ0n) is 12.8. The molecule has 1 heterocycles. The number of halogens is 2. The lowest BCUT2D eigenvalue weighted by Crippen LogP contribution is -2.45. The van der Waals surface area contributed by atoms with E-state index in [1.807, 2.05) is 0 Å². The van der Waals surface area contributed by atoms with Crippen molar-refractivity contribution >= 4 is 12.1 Å². The van der Waals surface area contributed by atoms with Crippen molar-refractivity contribution in [3.05, 3.63) is 18.0 Å². The molecule has 1 atom stereocenters. The van der Waals surface area contributed by atoms with Crippen molar-refractivity contribution in [3.63, 3.8) is 0 Å². The second kappa shape index (κ2) is 7.19. The number of methoxy groups -OCH3 is 1. The Labute approximate surface area is 126 Å². The molecule has 1 aromatic heterocycles. The van der Waals surface area contributed by atoms with E-state index in [9.17, 15) is 18.4 Å². The lowest BCUT2D eigenvalue weighted by atomic mass is 10.1. The Hall–Kier alpha value is -2.19. The number of carbonyl (C=O) groups is 2. The maximum Gasteiger partial charge on any atom is 0.408 e. The van der Waals surface area contributed by atoms with E-state index in [0.29, 0.717) is 10.2 Å². The van der Waals surface area contributed by atoms with Gasteiger partial charge in [0.1, 0.15) is 11.6 Å². The number of alkyl halides is 2. The van der Waals surface area contributed by atoms with Crippen molar-refractivity contribution in [2.24, 2.45) is 0 Å². The number of aromatic nitrogens is 2. The molecular weight excluding hydrogens is 300 g/mol. The summed E-state index contributed by atoms with van der Waals surface area (Å²) in [5.74, 6) is -0.712. The maximum atomic E-state index is 12.5. The smallest absolute Gasteiger partial charge is 0.408 e.